The van der Waals surface area contributed by atoms with E-state index in [1.165, 1.54) is 17.5 Å². The van der Waals surface area contributed by atoms with Gasteiger partial charge in [-0.05, 0) is 17.7 Å². The smallest absolute Gasteiger partial charge is 0.414 e. The lowest BCUT2D eigenvalue weighted by atomic mass is 10.2. The molecule has 2 aromatic rings. The van der Waals surface area contributed by atoms with E-state index in [1.807, 2.05) is 0 Å². The average Bonchev–Trinajstić information content (AvgIpc) is 3.15. The van der Waals surface area contributed by atoms with Crippen LogP contribution in [0.3, 0.4) is 0 Å². The lowest BCUT2D eigenvalue weighted by molar-refractivity contribution is -0.119. The summed E-state index contributed by atoms with van der Waals surface area (Å²) in [7, 11) is 0. The maximum absolute atomic E-state index is 15.2. The maximum Gasteiger partial charge on any atom is 0.414 e. The third kappa shape index (κ3) is 6.57. The fourth-order valence-corrected chi connectivity index (χ4v) is 5.09. The number of benzene rings is 2. The Balaban J connectivity index is 1.19. The molecule has 2 amide bonds. The van der Waals surface area contributed by atoms with E-state index in [0.717, 1.165) is 44.0 Å². The van der Waals surface area contributed by atoms with Gasteiger partial charge in [0.1, 0.15) is 11.8 Å². The van der Waals surface area contributed by atoms with Gasteiger partial charge in [-0.25, -0.2) is 18.6 Å². The Hall–Kier alpha value is -3.48. The molecule has 3 aliphatic rings. The van der Waals surface area contributed by atoms with Gasteiger partial charge >= 0.3 is 6.09 Å². The molecule has 12 heteroatoms. The Kier molecular flexibility index (Phi) is 8.44. The predicted octanol–water partition coefficient (Wildman–Crippen LogP) is 2.09. The number of hydrazine groups is 1. The number of nitrogens with zero attached hydrogens (tertiary/aromatic N) is 4. The molecule has 1 atom stereocenters. The molecular weight excluding hydrogens is 510 g/mol. The zero-order valence-electron chi connectivity index (χ0n) is 22.0. The van der Waals surface area contributed by atoms with E-state index in [9.17, 15) is 9.59 Å². The van der Waals surface area contributed by atoms with Crippen LogP contribution in [-0.4, -0.2) is 88.7 Å². The van der Waals surface area contributed by atoms with Crippen LogP contribution in [0.15, 0.2) is 36.4 Å². The minimum Gasteiger partial charge on any atom is -0.442 e. The van der Waals surface area contributed by atoms with Crippen LogP contribution in [0.1, 0.15) is 12.5 Å². The fraction of sp³-hybridized carbons (Fsp3) is 0.481. The lowest BCUT2D eigenvalue weighted by Crippen LogP contribution is -2.38. The zero-order valence-corrected chi connectivity index (χ0v) is 22.0. The molecule has 3 fully saturated rings. The van der Waals surface area contributed by atoms with Crippen LogP contribution in [0.4, 0.5) is 30.6 Å². The zero-order chi connectivity index (χ0) is 27.4. The molecule has 3 saturated heterocycles. The standard InChI is InChI=1S/C27H34F2N6O4/c1-19(36)30-16-23-18-35(27(37)39-23)22-14-24(28)26(25(29)15-22)33-7-6-31-34(9-8-33)17-20-2-4-21(5-3-20)32-10-12-38-13-11-32/h2-5,14-15,23,31H,6-13,16-18H2,1H3,(H,30,36)/t23-/m0/s1. The molecule has 0 spiro atoms. The molecule has 5 rings (SSSR count). The summed E-state index contributed by atoms with van der Waals surface area (Å²) < 4.78 is 41.1. The number of anilines is 3. The summed E-state index contributed by atoms with van der Waals surface area (Å²) in [6.45, 7) is 7.44. The van der Waals surface area contributed by atoms with Crippen molar-refractivity contribution in [3.63, 3.8) is 0 Å². The normalized spacial score (nSPS) is 20.6. The summed E-state index contributed by atoms with van der Waals surface area (Å²) in [4.78, 5) is 28.6. The lowest BCUT2D eigenvalue weighted by Gasteiger charge is -2.29. The first-order valence-electron chi connectivity index (χ1n) is 13.2. The highest BCUT2D eigenvalue weighted by molar-refractivity contribution is 5.90. The molecule has 0 aliphatic carbocycles. The van der Waals surface area contributed by atoms with E-state index < -0.39 is 23.8 Å². The summed E-state index contributed by atoms with van der Waals surface area (Å²) in [5, 5.41) is 4.64. The van der Waals surface area contributed by atoms with Gasteiger partial charge in [-0.1, -0.05) is 12.1 Å². The van der Waals surface area contributed by atoms with E-state index in [1.54, 1.807) is 4.90 Å². The molecule has 3 heterocycles. The molecule has 2 aromatic carbocycles. The van der Waals surface area contributed by atoms with E-state index in [4.69, 9.17) is 9.47 Å². The number of amides is 2. The van der Waals surface area contributed by atoms with Crippen molar-refractivity contribution >= 4 is 29.1 Å². The second-order valence-electron chi connectivity index (χ2n) is 9.89. The number of morpholine rings is 1. The van der Waals surface area contributed by atoms with Crippen LogP contribution in [0.2, 0.25) is 0 Å². The van der Waals surface area contributed by atoms with E-state index >= 15 is 8.78 Å². The second kappa shape index (κ2) is 12.1. The first-order chi connectivity index (χ1) is 18.9. The van der Waals surface area contributed by atoms with Gasteiger partial charge in [0.2, 0.25) is 5.91 Å². The Morgan fingerprint density at radius 2 is 1.72 bits per heavy atom. The van der Waals surface area contributed by atoms with Gasteiger partial charge in [0.25, 0.3) is 0 Å². The van der Waals surface area contributed by atoms with Gasteiger partial charge in [0.05, 0.1) is 32.0 Å². The number of carbonyl (C=O) groups is 2. The van der Waals surface area contributed by atoms with Crippen molar-refractivity contribution < 1.29 is 27.8 Å². The van der Waals surface area contributed by atoms with Crippen LogP contribution in [0.25, 0.3) is 0 Å². The van der Waals surface area contributed by atoms with Gasteiger partial charge < -0.3 is 24.6 Å². The number of cyclic esters (lactones) is 1. The van der Waals surface area contributed by atoms with Crippen molar-refractivity contribution in [2.24, 2.45) is 0 Å². The van der Waals surface area contributed by atoms with Crippen molar-refractivity contribution in [1.82, 2.24) is 15.8 Å². The van der Waals surface area contributed by atoms with Crippen LogP contribution < -0.4 is 25.4 Å². The Bertz CT molecular complexity index is 1150. The van der Waals surface area contributed by atoms with Crippen molar-refractivity contribution in [3.05, 3.63) is 53.6 Å². The van der Waals surface area contributed by atoms with Gasteiger partial charge in [-0.3, -0.25) is 15.1 Å². The number of hydrogen-bond acceptors (Lipinski definition) is 8. The molecular formula is C27H34F2N6O4. The molecule has 0 radical (unpaired) electrons. The Morgan fingerprint density at radius 1 is 1.00 bits per heavy atom. The quantitative estimate of drug-likeness (QED) is 0.548. The molecule has 10 nitrogen and oxygen atoms in total. The highest BCUT2D eigenvalue weighted by Gasteiger charge is 2.34. The first-order valence-corrected chi connectivity index (χ1v) is 13.2. The third-order valence-electron chi connectivity index (χ3n) is 7.13. The van der Waals surface area contributed by atoms with Gasteiger partial charge in [0, 0.05) is 70.6 Å². The largest absolute Gasteiger partial charge is 0.442 e. The van der Waals surface area contributed by atoms with Crippen LogP contribution >= 0.6 is 0 Å². The Labute approximate surface area is 226 Å². The molecule has 2 N–H and O–H groups in total. The SMILES string of the molecule is CC(=O)NC[C@H]1CN(c2cc(F)c(N3CCNN(Cc4ccc(N5CCOCC5)cc4)CC3)c(F)c2)C(=O)O1. The van der Waals surface area contributed by atoms with E-state index in [0.29, 0.717) is 32.7 Å². The molecule has 3 aliphatic heterocycles. The molecule has 210 valence electrons. The van der Waals surface area contributed by atoms with Crippen molar-refractivity contribution in [1.29, 1.82) is 0 Å². The molecule has 0 unspecified atom stereocenters. The third-order valence-corrected chi connectivity index (χ3v) is 7.13. The number of nitrogens with one attached hydrogen (secondary N) is 2. The topological polar surface area (TPSA) is 89.6 Å². The van der Waals surface area contributed by atoms with Gasteiger partial charge in [0.15, 0.2) is 11.6 Å². The average molecular weight is 545 g/mol. The van der Waals surface area contributed by atoms with Crippen LogP contribution in [0, 0.1) is 11.6 Å². The summed E-state index contributed by atoms with van der Waals surface area (Å²) in [6.07, 6.45) is -1.30. The van der Waals surface area contributed by atoms with Gasteiger partial charge in [-0.2, -0.15) is 0 Å². The van der Waals surface area contributed by atoms with Crippen molar-refractivity contribution in [3.8, 4) is 0 Å². The fourth-order valence-electron chi connectivity index (χ4n) is 5.09. The minimum atomic E-state index is -0.740. The minimum absolute atomic E-state index is 0.0826. The summed E-state index contributed by atoms with van der Waals surface area (Å²) in [5.74, 6) is -1.73. The number of carbonyl (C=O) groups excluding carboxylic acids is 2. The van der Waals surface area contributed by atoms with E-state index in [-0.39, 0.29) is 30.4 Å². The highest BCUT2D eigenvalue weighted by Crippen LogP contribution is 2.31. The number of hydrogen-bond donors (Lipinski definition) is 2. The Morgan fingerprint density at radius 3 is 2.41 bits per heavy atom. The van der Waals surface area contributed by atoms with Crippen LogP contribution in [0.5, 0.6) is 0 Å². The van der Waals surface area contributed by atoms with Crippen molar-refractivity contribution in [2.45, 2.75) is 19.6 Å². The summed E-state index contributed by atoms with van der Waals surface area (Å²) >= 11 is 0. The van der Waals surface area contributed by atoms with Gasteiger partial charge in [-0.15, -0.1) is 0 Å². The number of halogens is 2. The molecule has 0 aromatic heterocycles. The predicted molar refractivity (Wildman–Crippen MR) is 143 cm³/mol. The molecule has 0 bridgehead atoms. The molecule has 0 saturated carbocycles. The summed E-state index contributed by atoms with van der Waals surface area (Å²) in [6, 6.07) is 10.8. The highest BCUT2D eigenvalue weighted by atomic mass is 19.1. The first kappa shape index (κ1) is 27.1. The number of ether oxygens (including phenoxy) is 2. The molecule has 39 heavy (non-hydrogen) atoms. The monoisotopic (exact) mass is 544 g/mol. The number of rotatable bonds is 7. The second-order valence-corrected chi connectivity index (χ2v) is 9.89. The summed E-state index contributed by atoms with van der Waals surface area (Å²) in [5.41, 5.74) is 5.65. The van der Waals surface area contributed by atoms with Crippen LogP contribution in [-0.2, 0) is 20.8 Å². The van der Waals surface area contributed by atoms with Crippen molar-refractivity contribution in [2.75, 3.05) is 80.3 Å². The van der Waals surface area contributed by atoms with E-state index in [2.05, 4.69) is 44.9 Å². The maximum atomic E-state index is 15.2.